The third-order valence-electron chi connectivity index (χ3n) is 4.73. The van der Waals surface area contributed by atoms with Crippen LogP contribution in [-0.4, -0.2) is 16.5 Å². The van der Waals surface area contributed by atoms with Gasteiger partial charge in [0.05, 0.1) is 0 Å². The Balaban J connectivity index is 2.01. The topological polar surface area (TPSA) is 57.8 Å². The van der Waals surface area contributed by atoms with Gasteiger partial charge in [-0.3, -0.25) is 4.79 Å². The zero-order valence-corrected chi connectivity index (χ0v) is 17.1. The fraction of sp³-hybridized carbons (Fsp3) is 0.333. The molecule has 5 heteroatoms. The van der Waals surface area contributed by atoms with Crippen molar-refractivity contribution >= 4 is 27.9 Å². The lowest BCUT2D eigenvalue weighted by Crippen LogP contribution is -2.26. The number of rotatable bonds is 4. The predicted octanol–water partition coefficient (Wildman–Crippen LogP) is 4.66. The molecule has 2 aromatic rings. The van der Waals surface area contributed by atoms with E-state index in [1.165, 1.54) is 11.1 Å². The molecule has 1 aliphatic carbocycles. The first kappa shape index (κ1) is 18.5. The Labute approximate surface area is 162 Å². The summed E-state index contributed by atoms with van der Waals surface area (Å²) in [5.74, 6) is -0.282. The number of hydrogen-bond donors (Lipinski definition) is 1. The summed E-state index contributed by atoms with van der Waals surface area (Å²) in [5, 5.41) is 12.3. The molecule has 1 N–H and O–H groups in total. The SMILES string of the molecule is Cc1cc(-n2c(C)cc(/C=C(\C#N)C(=O)NC3CC3)c2C)cc(C)c1Br. The van der Waals surface area contributed by atoms with Crippen molar-refractivity contribution in [3.8, 4) is 11.8 Å². The summed E-state index contributed by atoms with van der Waals surface area (Å²) in [6, 6.07) is 8.56. The van der Waals surface area contributed by atoms with E-state index >= 15 is 0 Å². The summed E-state index contributed by atoms with van der Waals surface area (Å²) in [7, 11) is 0. The van der Waals surface area contributed by atoms with Crippen LogP contribution in [0.4, 0.5) is 0 Å². The van der Waals surface area contributed by atoms with Crippen LogP contribution >= 0.6 is 15.9 Å². The van der Waals surface area contributed by atoms with E-state index in [0.29, 0.717) is 0 Å². The Bertz CT molecular complexity index is 935. The molecule has 1 fully saturated rings. The van der Waals surface area contributed by atoms with Gasteiger partial charge in [-0.25, -0.2) is 0 Å². The monoisotopic (exact) mass is 411 g/mol. The summed E-state index contributed by atoms with van der Waals surface area (Å²) in [6.07, 6.45) is 3.69. The minimum absolute atomic E-state index is 0.153. The molecule has 1 aromatic heterocycles. The molecule has 0 radical (unpaired) electrons. The van der Waals surface area contributed by atoms with Gasteiger partial charge in [-0.2, -0.15) is 5.26 Å². The molecule has 26 heavy (non-hydrogen) atoms. The summed E-state index contributed by atoms with van der Waals surface area (Å²) >= 11 is 3.61. The number of carbonyl (C=O) groups excluding carboxylic acids is 1. The second-order valence-electron chi connectivity index (χ2n) is 6.97. The smallest absolute Gasteiger partial charge is 0.262 e. The zero-order valence-electron chi connectivity index (χ0n) is 15.5. The van der Waals surface area contributed by atoms with Crippen LogP contribution in [0.1, 0.15) is 40.9 Å². The van der Waals surface area contributed by atoms with Crippen molar-refractivity contribution in [2.75, 3.05) is 0 Å². The van der Waals surface area contributed by atoms with Gasteiger partial charge in [0.1, 0.15) is 11.6 Å². The van der Waals surface area contributed by atoms with Gasteiger partial charge in [0.15, 0.2) is 0 Å². The first-order chi connectivity index (χ1) is 12.3. The standard InChI is InChI=1S/C21H22BrN3O/c1-12-7-19(8-13(2)20(12)22)25-14(3)9-16(15(25)4)10-17(11-23)21(26)24-18-5-6-18/h7-10,18H,5-6H2,1-4H3,(H,24,26)/b17-10+. The summed E-state index contributed by atoms with van der Waals surface area (Å²) in [5.41, 5.74) is 6.55. The van der Waals surface area contributed by atoms with E-state index in [1.807, 2.05) is 26.0 Å². The molecule has 1 aliphatic rings. The van der Waals surface area contributed by atoms with E-state index < -0.39 is 0 Å². The summed E-state index contributed by atoms with van der Waals surface area (Å²) in [4.78, 5) is 12.2. The maximum Gasteiger partial charge on any atom is 0.262 e. The fourth-order valence-electron chi connectivity index (χ4n) is 3.18. The van der Waals surface area contributed by atoms with E-state index in [0.717, 1.165) is 40.0 Å². The van der Waals surface area contributed by atoms with Crippen molar-refractivity contribution in [1.82, 2.24) is 9.88 Å². The number of nitrogens with zero attached hydrogens (tertiary/aromatic N) is 2. The molecular formula is C21H22BrN3O. The van der Waals surface area contributed by atoms with E-state index in [4.69, 9.17) is 0 Å². The second kappa shape index (κ2) is 7.13. The third-order valence-corrected chi connectivity index (χ3v) is 5.98. The zero-order chi connectivity index (χ0) is 19.0. The van der Waals surface area contributed by atoms with E-state index in [-0.39, 0.29) is 17.5 Å². The van der Waals surface area contributed by atoms with Gasteiger partial charge in [-0.1, -0.05) is 15.9 Å². The third kappa shape index (κ3) is 3.61. The van der Waals surface area contributed by atoms with E-state index in [1.54, 1.807) is 6.08 Å². The molecule has 4 nitrogen and oxygen atoms in total. The summed E-state index contributed by atoms with van der Waals surface area (Å²) < 4.78 is 3.28. The summed E-state index contributed by atoms with van der Waals surface area (Å²) in [6.45, 7) is 8.20. The van der Waals surface area contributed by atoms with Crippen molar-refractivity contribution in [3.63, 3.8) is 0 Å². The minimum atomic E-state index is -0.282. The number of halogens is 1. The van der Waals surface area contributed by atoms with E-state index in [9.17, 15) is 10.1 Å². The average Bonchev–Trinajstić information content (AvgIpc) is 3.35. The Morgan fingerprint density at radius 1 is 1.23 bits per heavy atom. The lowest BCUT2D eigenvalue weighted by atomic mass is 10.1. The number of benzene rings is 1. The van der Waals surface area contributed by atoms with Crippen LogP contribution in [-0.2, 0) is 4.79 Å². The maximum absolute atomic E-state index is 12.2. The molecule has 0 unspecified atom stereocenters. The number of aromatic nitrogens is 1. The Kier molecular flexibility index (Phi) is 5.06. The quantitative estimate of drug-likeness (QED) is 0.587. The van der Waals surface area contributed by atoms with Crippen molar-refractivity contribution in [2.24, 2.45) is 0 Å². The molecule has 3 rings (SSSR count). The number of nitriles is 1. The Morgan fingerprint density at radius 2 is 1.85 bits per heavy atom. The van der Waals surface area contributed by atoms with Crippen LogP contribution in [0.3, 0.4) is 0 Å². The van der Waals surface area contributed by atoms with Gasteiger partial charge in [-0.15, -0.1) is 0 Å². The van der Waals surface area contributed by atoms with Crippen LogP contribution in [0.15, 0.2) is 28.2 Å². The minimum Gasteiger partial charge on any atom is -0.349 e. The van der Waals surface area contributed by atoms with Crippen LogP contribution in [0.5, 0.6) is 0 Å². The normalized spacial score (nSPS) is 14.2. The largest absolute Gasteiger partial charge is 0.349 e. The molecule has 1 saturated carbocycles. The van der Waals surface area contributed by atoms with Crippen LogP contribution in [0, 0.1) is 39.0 Å². The predicted molar refractivity (Wildman–Crippen MR) is 107 cm³/mol. The van der Waals surface area contributed by atoms with Crippen LogP contribution in [0.2, 0.25) is 0 Å². The highest BCUT2D eigenvalue weighted by Gasteiger charge is 2.25. The molecular weight excluding hydrogens is 390 g/mol. The Hall–Kier alpha value is -2.32. The van der Waals surface area contributed by atoms with Gasteiger partial charge in [-0.05, 0) is 81.5 Å². The fourth-order valence-corrected chi connectivity index (χ4v) is 3.41. The Morgan fingerprint density at radius 3 is 2.38 bits per heavy atom. The molecule has 0 saturated heterocycles. The van der Waals surface area contributed by atoms with Gasteiger partial charge in [0, 0.05) is 27.6 Å². The average molecular weight is 412 g/mol. The molecule has 0 spiro atoms. The van der Waals surface area contributed by atoms with Crippen molar-refractivity contribution in [1.29, 1.82) is 5.26 Å². The lowest BCUT2D eigenvalue weighted by molar-refractivity contribution is -0.117. The second-order valence-corrected chi connectivity index (χ2v) is 7.77. The highest BCUT2D eigenvalue weighted by Crippen LogP contribution is 2.28. The lowest BCUT2D eigenvalue weighted by Gasteiger charge is -2.13. The first-order valence-electron chi connectivity index (χ1n) is 8.70. The number of hydrogen-bond acceptors (Lipinski definition) is 2. The van der Waals surface area contributed by atoms with Crippen molar-refractivity contribution in [2.45, 2.75) is 46.6 Å². The molecule has 1 amide bonds. The number of carbonyl (C=O) groups is 1. The molecule has 0 aliphatic heterocycles. The van der Waals surface area contributed by atoms with Crippen LogP contribution < -0.4 is 5.32 Å². The van der Waals surface area contributed by atoms with Crippen LogP contribution in [0.25, 0.3) is 11.8 Å². The van der Waals surface area contributed by atoms with Crippen molar-refractivity contribution in [3.05, 3.63) is 56.3 Å². The molecule has 134 valence electrons. The molecule has 0 bridgehead atoms. The highest BCUT2D eigenvalue weighted by atomic mass is 79.9. The highest BCUT2D eigenvalue weighted by molar-refractivity contribution is 9.10. The molecule has 1 heterocycles. The van der Waals surface area contributed by atoms with Gasteiger partial charge in [0.2, 0.25) is 0 Å². The van der Waals surface area contributed by atoms with Gasteiger partial charge >= 0.3 is 0 Å². The maximum atomic E-state index is 12.2. The van der Waals surface area contributed by atoms with Gasteiger partial charge in [0.25, 0.3) is 5.91 Å². The first-order valence-corrected chi connectivity index (χ1v) is 9.50. The number of nitrogens with one attached hydrogen (secondary N) is 1. The number of aryl methyl sites for hydroxylation is 3. The van der Waals surface area contributed by atoms with E-state index in [2.05, 4.69) is 51.8 Å². The molecule has 1 aromatic carbocycles. The van der Waals surface area contributed by atoms with Gasteiger partial charge < -0.3 is 9.88 Å². The van der Waals surface area contributed by atoms with Crippen molar-refractivity contribution < 1.29 is 4.79 Å². The molecule has 0 atom stereocenters. The number of amides is 1.